The molecule has 0 fully saturated rings. The van der Waals surface area contributed by atoms with E-state index in [4.69, 9.17) is 15.9 Å². The lowest BCUT2D eigenvalue weighted by Crippen LogP contribution is -2.40. The molecular weight excluding hydrogens is 246 g/mol. The van der Waals surface area contributed by atoms with Gasteiger partial charge in [-0.2, -0.15) is 0 Å². The molecule has 0 aliphatic heterocycles. The predicted molar refractivity (Wildman–Crippen MR) is 74.0 cm³/mol. The molecule has 4 N–H and O–H groups in total. The van der Waals surface area contributed by atoms with Crippen molar-refractivity contribution in [3.63, 3.8) is 0 Å². The molecule has 0 saturated carbocycles. The van der Waals surface area contributed by atoms with Crippen molar-refractivity contribution in [3.05, 3.63) is 0 Å². The van der Waals surface area contributed by atoms with E-state index in [1.54, 1.807) is 0 Å². The van der Waals surface area contributed by atoms with Crippen LogP contribution in [0.5, 0.6) is 0 Å². The Morgan fingerprint density at radius 2 is 1.32 bits per heavy atom. The van der Waals surface area contributed by atoms with Crippen molar-refractivity contribution in [1.82, 2.24) is 0 Å². The Kier molecular flexibility index (Phi) is 10.2. The molecule has 0 aromatic rings. The normalized spacial score (nSPS) is 12.6. The SMILES string of the molecule is CCCCCCCCCCC(N)C(C(=O)O)C(=O)O. The summed E-state index contributed by atoms with van der Waals surface area (Å²) in [7, 11) is 0. The number of unbranched alkanes of at least 4 members (excludes halogenated alkanes) is 7. The average molecular weight is 273 g/mol. The van der Waals surface area contributed by atoms with Crippen molar-refractivity contribution in [2.24, 2.45) is 11.7 Å². The van der Waals surface area contributed by atoms with Gasteiger partial charge >= 0.3 is 11.9 Å². The summed E-state index contributed by atoms with van der Waals surface area (Å²) in [5, 5.41) is 17.6. The van der Waals surface area contributed by atoms with Gasteiger partial charge in [-0.3, -0.25) is 9.59 Å². The highest BCUT2D eigenvalue weighted by Crippen LogP contribution is 2.13. The Bertz CT molecular complexity index is 254. The van der Waals surface area contributed by atoms with E-state index in [0.29, 0.717) is 6.42 Å². The van der Waals surface area contributed by atoms with Crippen LogP contribution in [0.15, 0.2) is 0 Å². The van der Waals surface area contributed by atoms with Gasteiger partial charge in [0.25, 0.3) is 0 Å². The topological polar surface area (TPSA) is 101 Å². The third-order valence-electron chi connectivity index (χ3n) is 3.35. The number of hydrogen-bond donors (Lipinski definition) is 3. The van der Waals surface area contributed by atoms with Crippen molar-refractivity contribution in [3.8, 4) is 0 Å². The quantitative estimate of drug-likeness (QED) is 0.375. The third-order valence-corrected chi connectivity index (χ3v) is 3.35. The van der Waals surface area contributed by atoms with Crippen LogP contribution < -0.4 is 5.73 Å². The number of aliphatic carboxylic acids is 2. The van der Waals surface area contributed by atoms with Gasteiger partial charge in [-0.05, 0) is 6.42 Å². The second-order valence-corrected chi connectivity index (χ2v) is 5.08. The maximum absolute atomic E-state index is 10.8. The number of rotatable bonds is 12. The largest absolute Gasteiger partial charge is 0.481 e. The second kappa shape index (κ2) is 10.8. The first kappa shape index (κ1) is 17.9. The van der Waals surface area contributed by atoms with Gasteiger partial charge in [-0.1, -0.05) is 58.3 Å². The minimum atomic E-state index is -1.48. The van der Waals surface area contributed by atoms with Crippen LogP contribution >= 0.6 is 0 Å². The fraction of sp³-hybridized carbons (Fsp3) is 0.857. The van der Waals surface area contributed by atoms with Gasteiger partial charge in [-0.25, -0.2) is 0 Å². The Labute approximate surface area is 115 Å². The van der Waals surface area contributed by atoms with Gasteiger partial charge in [0.15, 0.2) is 5.92 Å². The van der Waals surface area contributed by atoms with E-state index in [0.717, 1.165) is 19.3 Å². The minimum absolute atomic E-state index is 0.457. The molecule has 0 spiro atoms. The Morgan fingerprint density at radius 3 is 1.74 bits per heavy atom. The molecule has 5 nitrogen and oxygen atoms in total. The van der Waals surface area contributed by atoms with E-state index in [2.05, 4.69) is 6.92 Å². The zero-order valence-electron chi connectivity index (χ0n) is 11.8. The van der Waals surface area contributed by atoms with Crippen LogP contribution in [0.4, 0.5) is 0 Å². The molecule has 5 heteroatoms. The fourth-order valence-electron chi connectivity index (χ4n) is 2.15. The molecule has 0 aliphatic rings. The maximum Gasteiger partial charge on any atom is 0.319 e. The standard InChI is InChI=1S/C14H27NO4/c1-2-3-4-5-6-7-8-9-10-11(15)12(13(16)17)14(18)19/h11-12H,2-10,15H2,1H3,(H,16,17)(H,18,19). The van der Waals surface area contributed by atoms with Gasteiger partial charge in [0.2, 0.25) is 0 Å². The Balaban J connectivity index is 3.65. The summed E-state index contributed by atoms with van der Waals surface area (Å²) in [5.41, 5.74) is 5.64. The van der Waals surface area contributed by atoms with E-state index < -0.39 is 23.9 Å². The average Bonchev–Trinajstić information content (AvgIpc) is 2.31. The smallest absolute Gasteiger partial charge is 0.319 e. The van der Waals surface area contributed by atoms with Crippen LogP contribution in [0.3, 0.4) is 0 Å². The molecule has 0 amide bonds. The molecule has 0 bridgehead atoms. The zero-order valence-corrected chi connectivity index (χ0v) is 11.8. The number of carboxylic acids is 2. The third kappa shape index (κ3) is 8.59. The van der Waals surface area contributed by atoms with Crippen LogP contribution in [0.1, 0.15) is 64.7 Å². The molecule has 0 radical (unpaired) electrons. The van der Waals surface area contributed by atoms with E-state index in [1.165, 1.54) is 32.1 Å². The van der Waals surface area contributed by atoms with Crippen molar-refractivity contribution >= 4 is 11.9 Å². The predicted octanol–water partition coefficient (Wildman–Crippen LogP) is 2.63. The van der Waals surface area contributed by atoms with E-state index in [-0.39, 0.29) is 0 Å². The summed E-state index contributed by atoms with van der Waals surface area (Å²) in [5.74, 6) is -4.18. The van der Waals surface area contributed by atoms with Gasteiger partial charge in [0.1, 0.15) is 0 Å². The fourth-order valence-corrected chi connectivity index (χ4v) is 2.15. The molecule has 0 rings (SSSR count). The monoisotopic (exact) mass is 273 g/mol. The highest BCUT2D eigenvalue weighted by Gasteiger charge is 2.31. The summed E-state index contributed by atoms with van der Waals surface area (Å²) >= 11 is 0. The first-order valence-electron chi connectivity index (χ1n) is 7.21. The first-order chi connectivity index (χ1) is 9.00. The molecule has 112 valence electrons. The number of carbonyl (C=O) groups is 2. The Hall–Kier alpha value is -1.10. The number of hydrogen-bond acceptors (Lipinski definition) is 3. The van der Waals surface area contributed by atoms with E-state index in [9.17, 15) is 9.59 Å². The van der Waals surface area contributed by atoms with Crippen molar-refractivity contribution in [2.45, 2.75) is 70.8 Å². The summed E-state index contributed by atoms with van der Waals surface area (Å²) in [6.45, 7) is 2.18. The molecule has 1 unspecified atom stereocenters. The molecule has 0 aromatic heterocycles. The maximum atomic E-state index is 10.8. The second-order valence-electron chi connectivity index (χ2n) is 5.08. The van der Waals surface area contributed by atoms with Crippen LogP contribution in [0.25, 0.3) is 0 Å². The van der Waals surface area contributed by atoms with E-state index in [1.807, 2.05) is 0 Å². The van der Waals surface area contributed by atoms with Crippen LogP contribution in [-0.2, 0) is 9.59 Å². The van der Waals surface area contributed by atoms with Crippen molar-refractivity contribution < 1.29 is 19.8 Å². The summed E-state index contributed by atoms with van der Waals surface area (Å²) in [6, 6.07) is -0.796. The lowest BCUT2D eigenvalue weighted by atomic mass is 9.95. The van der Waals surface area contributed by atoms with E-state index >= 15 is 0 Å². The Morgan fingerprint density at radius 1 is 0.895 bits per heavy atom. The molecule has 0 aromatic carbocycles. The molecule has 1 atom stereocenters. The molecule has 0 saturated heterocycles. The summed E-state index contributed by atoms with van der Waals surface area (Å²) < 4.78 is 0. The zero-order chi connectivity index (χ0) is 14.7. The van der Waals surface area contributed by atoms with Gasteiger partial charge in [0.05, 0.1) is 0 Å². The van der Waals surface area contributed by atoms with Gasteiger partial charge in [0, 0.05) is 6.04 Å². The molecule has 0 aliphatic carbocycles. The first-order valence-corrected chi connectivity index (χ1v) is 7.21. The highest BCUT2D eigenvalue weighted by atomic mass is 16.4. The van der Waals surface area contributed by atoms with Crippen molar-refractivity contribution in [2.75, 3.05) is 0 Å². The van der Waals surface area contributed by atoms with Gasteiger partial charge in [-0.15, -0.1) is 0 Å². The van der Waals surface area contributed by atoms with Crippen molar-refractivity contribution in [1.29, 1.82) is 0 Å². The molecular formula is C14H27NO4. The highest BCUT2D eigenvalue weighted by molar-refractivity contribution is 5.93. The number of carboxylic acid groups (broad SMARTS) is 2. The summed E-state index contributed by atoms with van der Waals surface area (Å²) in [4.78, 5) is 21.5. The lowest BCUT2D eigenvalue weighted by Gasteiger charge is -2.15. The molecule has 0 heterocycles. The minimum Gasteiger partial charge on any atom is -0.481 e. The van der Waals surface area contributed by atoms with Gasteiger partial charge < -0.3 is 15.9 Å². The summed E-state index contributed by atoms with van der Waals surface area (Å²) in [6.07, 6.45) is 9.58. The number of nitrogens with two attached hydrogens (primary N) is 1. The molecule has 19 heavy (non-hydrogen) atoms. The lowest BCUT2D eigenvalue weighted by molar-refractivity contribution is -0.155. The van der Waals surface area contributed by atoms with Crippen LogP contribution in [-0.4, -0.2) is 28.2 Å². The van der Waals surface area contributed by atoms with Crippen LogP contribution in [0, 0.1) is 5.92 Å². The van der Waals surface area contributed by atoms with Crippen LogP contribution in [0.2, 0.25) is 0 Å².